The van der Waals surface area contributed by atoms with Crippen LogP contribution in [-0.4, -0.2) is 11.6 Å². The Balaban J connectivity index is 3.01. The van der Waals surface area contributed by atoms with Crippen LogP contribution in [0.3, 0.4) is 0 Å². The molecule has 5 heteroatoms. The monoisotopic (exact) mass is 216 g/mol. The zero-order valence-electron chi connectivity index (χ0n) is 7.81. The minimum absolute atomic E-state index is 0.325. The summed E-state index contributed by atoms with van der Waals surface area (Å²) in [6.45, 7) is 1.03. The van der Waals surface area contributed by atoms with Gasteiger partial charge in [0.25, 0.3) is 0 Å². The van der Waals surface area contributed by atoms with Gasteiger partial charge in [-0.1, -0.05) is 0 Å². The molecular weight excluding hydrogens is 209 g/mol. The molecule has 80 valence electrons. The van der Waals surface area contributed by atoms with E-state index in [9.17, 15) is 22.8 Å². The Hall–Kier alpha value is -1.65. The van der Waals surface area contributed by atoms with Crippen molar-refractivity contribution in [3.63, 3.8) is 0 Å². The third-order valence-electron chi connectivity index (χ3n) is 1.83. The summed E-state index contributed by atoms with van der Waals surface area (Å²) in [5.74, 6) is -5.21. The lowest BCUT2D eigenvalue weighted by atomic mass is 10.1. The first-order valence-electron chi connectivity index (χ1n) is 4.09. The summed E-state index contributed by atoms with van der Waals surface area (Å²) >= 11 is 0. The topological polar surface area (TPSA) is 34.1 Å². The van der Waals surface area contributed by atoms with E-state index < -0.39 is 35.4 Å². The average Bonchev–Trinajstić information content (AvgIpc) is 2.13. The molecule has 1 aromatic carbocycles. The number of carbonyl (C=O) groups excluding carboxylic acids is 2. The van der Waals surface area contributed by atoms with Gasteiger partial charge in [-0.2, -0.15) is 0 Å². The Morgan fingerprint density at radius 2 is 1.60 bits per heavy atom. The molecule has 0 unspecified atom stereocenters. The van der Waals surface area contributed by atoms with E-state index in [2.05, 4.69) is 0 Å². The number of hydrogen-bond donors (Lipinski definition) is 0. The number of benzene rings is 1. The SMILES string of the molecule is CC(=O)C(=O)Cc1cc(F)c(F)cc1F. The fourth-order valence-electron chi connectivity index (χ4n) is 0.997. The summed E-state index contributed by atoms with van der Waals surface area (Å²) < 4.78 is 38.1. The Morgan fingerprint density at radius 3 is 2.13 bits per heavy atom. The zero-order valence-corrected chi connectivity index (χ0v) is 7.81. The zero-order chi connectivity index (χ0) is 11.6. The highest BCUT2D eigenvalue weighted by molar-refractivity contribution is 6.36. The van der Waals surface area contributed by atoms with E-state index in [1.54, 1.807) is 0 Å². The molecule has 0 bridgehead atoms. The van der Waals surface area contributed by atoms with Gasteiger partial charge >= 0.3 is 0 Å². The van der Waals surface area contributed by atoms with Crippen molar-refractivity contribution in [2.45, 2.75) is 13.3 Å². The van der Waals surface area contributed by atoms with Crippen LogP contribution in [0.2, 0.25) is 0 Å². The van der Waals surface area contributed by atoms with Gasteiger partial charge < -0.3 is 0 Å². The van der Waals surface area contributed by atoms with Crippen LogP contribution < -0.4 is 0 Å². The van der Waals surface area contributed by atoms with Gasteiger partial charge in [-0.25, -0.2) is 13.2 Å². The number of carbonyl (C=O) groups is 2. The lowest BCUT2D eigenvalue weighted by molar-refractivity contribution is -0.134. The minimum atomic E-state index is -1.33. The molecule has 0 heterocycles. The van der Waals surface area contributed by atoms with E-state index >= 15 is 0 Å². The number of ketones is 2. The molecule has 0 aromatic heterocycles. The standard InChI is InChI=1S/C10H7F3O2/c1-5(14)10(15)3-6-2-8(12)9(13)4-7(6)11/h2,4H,3H2,1H3. The van der Waals surface area contributed by atoms with Crippen LogP contribution in [0.5, 0.6) is 0 Å². The van der Waals surface area contributed by atoms with Crippen molar-refractivity contribution in [2.75, 3.05) is 0 Å². The Morgan fingerprint density at radius 1 is 1.07 bits per heavy atom. The van der Waals surface area contributed by atoms with Crippen LogP contribution in [0.15, 0.2) is 12.1 Å². The first-order valence-corrected chi connectivity index (χ1v) is 4.09. The van der Waals surface area contributed by atoms with Gasteiger partial charge in [0.05, 0.1) is 0 Å². The summed E-state index contributed by atoms with van der Waals surface area (Å²) in [6.07, 6.45) is -0.557. The largest absolute Gasteiger partial charge is 0.291 e. The van der Waals surface area contributed by atoms with Gasteiger partial charge in [-0.05, 0) is 11.6 Å². The maximum atomic E-state index is 13.0. The molecule has 0 aliphatic heterocycles. The molecule has 15 heavy (non-hydrogen) atoms. The maximum Gasteiger partial charge on any atom is 0.202 e. The molecule has 0 aliphatic rings. The minimum Gasteiger partial charge on any atom is -0.291 e. The van der Waals surface area contributed by atoms with Crippen LogP contribution in [0.25, 0.3) is 0 Å². The van der Waals surface area contributed by atoms with Gasteiger partial charge in [0.2, 0.25) is 5.78 Å². The van der Waals surface area contributed by atoms with Gasteiger partial charge in [-0.15, -0.1) is 0 Å². The van der Waals surface area contributed by atoms with Crippen molar-refractivity contribution in [1.82, 2.24) is 0 Å². The summed E-state index contributed by atoms with van der Waals surface area (Å²) in [5, 5.41) is 0. The fourth-order valence-corrected chi connectivity index (χ4v) is 0.997. The fraction of sp³-hybridized carbons (Fsp3) is 0.200. The molecule has 0 radical (unpaired) electrons. The molecule has 0 saturated carbocycles. The molecule has 0 atom stereocenters. The molecule has 0 amide bonds. The molecular formula is C10H7F3O2. The summed E-state index contributed by atoms with van der Waals surface area (Å²) in [7, 11) is 0. The second kappa shape index (κ2) is 4.25. The van der Waals surface area contributed by atoms with Crippen LogP contribution in [0.4, 0.5) is 13.2 Å². The highest BCUT2D eigenvalue weighted by Crippen LogP contribution is 2.14. The Labute approximate surface area is 83.7 Å². The molecule has 0 fully saturated rings. The van der Waals surface area contributed by atoms with Gasteiger partial charge in [0.1, 0.15) is 5.82 Å². The normalized spacial score (nSPS) is 10.1. The van der Waals surface area contributed by atoms with Crippen molar-refractivity contribution >= 4 is 11.6 Å². The lowest BCUT2D eigenvalue weighted by Crippen LogP contribution is -2.13. The maximum absolute atomic E-state index is 13.0. The van der Waals surface area contributed by atoms with Crippen LogP contribution in [0, 0.1) is 17.5 Å². The van der Waals surface area contributed by atoms with Gasteiger partial charge in [0, 0.05) is 19.4 Å². The van der Waals surface area contributed by atoms with Crippen molar-refractivity contribution in [1.29, 1.82) is 0 Å². The number of Topliss-reactive ketones (excluding diaryl/α,β-unsaturated/α-hetero) is 2. The van der Waals surface area contributed by atoms with Crippen LogP contribution >= 0.6 is 0 Å². The molecule has 0 saturated heterocycles. The number of hydrogen-bond acceptors (Lipinski definition) is 2. The number of halogens is 3. The Kier molecular flexibility index (Phi) is 3.24. The second-order valence-corrected chi connectivity index (χ2v) is 3.01. The molecule has 1 rings (SSSR count). The highest BCUT2D eigenvalue weighted by Gasteiger charge is 2.15. The third kappa shape index (κ3) is 2.65. The van der Waals surface area contributed by atoms with E-state index in [1.807, 2.05) is 0 Å². The lowest BCUT2D eigenvalue weighted by Gasteiger charge is -2.01. The highest BCUT2D eigenvalue weighted by atomic mass is 19.2. The van der Waals surface area contributed by atoms with Crippen molar-refractivity contribution in [3.05, 3.63) is 35.1 Å². The molecule has 0 aliphatic carbocycles. The van der Waals surface area contributed by atoms with Gasteiger partial charge in [0.15, 0.2) is 17.4 Å². The number of rotatable bonds is 3. The first-order chi connectivity index (χ1) is 6.91. The van der Waals surface area contributed by atoms with E-state index in [-0.39, 0.29) is 5.56 Å². The molecule has 1 aromatic rings. The van der Waals surface area contributed by atoms with Crippen molar-refractivity contribution in [3.8, 4) is 0 Å². The summed E-state index contributed by atoms with van der Waals surface area (Å²) in [6, 6.07) is 0.920. The Bertz CT molecular complexity index is 427. The van der Waals surface area contributed by atoms with Crippen LogP contribution in [-0.2, 0) is 16.0 Å². The summed E-state index contributed by atoms with van der Waals surface area (Å²) in [5.41, 5.74) is -0.325. The predicted molar refractivity (Wildman–Crippen MR) is 45.7 cm³/mol. The third-order valence-corrected chi connectivity index (χ3v) is 1.83. The van der Waals surface area contributed by atoms with E-state index in [0.29, 0.717) is 12.1 Å². The molecule has 0 N–H and O–H groups in total. The summed E-state index contributed by atoms with van der Waals surface area (Å²) in [4.78, 5) is 21.5. The molecule has 2 nitrogen and oxygen atoms in total. The average molecular weight is 216 g/mol. The van der Waals surface area contributed by atoms with Crippen LogP contribution in [0.1, 0.15) is 12.5 Å². The van der Waals surface area contributed by atoms with Crippen molar-refractivity contribution in [2.24, 2.45) is 0 Å². The predicted octanol–water partition coefficient (Wildman–Crippen LogP) is 1.80. The second-order valence-electron chi connectivity index (χ2n) is 3.01. The van der Waals surface area contributed by atoms with E-state index in [4.69, 9.17) is 0 Å². The van der Waals surface area contributed by atoms with Gasteiger partial charge in [-0.3, -0.25) is 9.59 Å². The smallest absolute Gasteiger partial charge is 0.202 e. The quantitative estimate of drug-likeness (QED) is 0.570. The van der Waals surface area contributed by atoms with E-state index in [1.165, 1.54) is 0 Å². The first kappa shape index (κ1) is 11.4. The van der Waals surface area contributed by atoms with E-state index in [0.717, 1.165) is 6.92 Å². The molecule has 0 spiro atoms. The van der Waals surface area contributed by atoms with Crippen molar-refractivity contribution < 1.29 is 22.8 Å².